The Balaban J connectivity index is 2.22. The molecule has 0 saturated carbocycles. The minimum atomic E-state index is -0.379. The first-order valence-corrected chi connectivity index (χ1v) is 7.23. The third kappa shape index (κ3) is 2.84. The normalized spacial score (nSPS) is 22.9. The number of nitrogens with zero attached hydrogens (tertiary/aromatic N) is 1. The first kappa shape index (κ1) is 14.6. The van der Waals surface area contributed by atoms with Gasteiger partial charge in [-0.3, -0.25) is 9.59 Å². The lowest BCUT2D eigenvalue weighted by Gasteiger charge is -2.38. The maximum atomic E-state index is 12.5. The molecule has 20 heavy (non-hydrogen) atoms. The topological polar surface area (TPSA) is 49.4 Å². The minimum absolute atomic E-state index is 0.0273. The van der Waals surface area contributed by atoms with Gasteiger partial charge in [0.1, 0.15) is 12.1 Å². The van der Waals surface area contributed by atoms with E-state index in [-0.39, 0.29) is 23.9 Å². The molecule has 4 heteroatoms. The van der Waals surface area contributed by atoms with Crippen LogP contribution in [-0.2, 0) is 16.1 Å². The van der Waals surface area contributed by atoms with Gasteiger partial charge in [-0.2, -0.15) is 0 Å². The number of piperazine rings is 1. The number of amides is 2. The van der Waals surface area contributed by atoms with E-state index in [9.17, 15) is 9.59 Å². The second kappa shape index (κ2) is 6.07. The fraction of sp³-hybridized carbons (Fsp3) is 0.500. The molecule has 2 atom stereocenters. The summed E-state index contributed by atoms with van der Waals surface area (Å²) in [6.07, 6.45) is 1.27. The highest BCUT2D eigenvalue weighted by atomic mass is 16.2. The molecule has 0 bridgehead atoms. The lowest BCUT2D eigenvalue weighted by molar-refractivity contribution is -0.150. The molecule has 0 spiro atoms. The van der Waals surface area contributed by atoms with Gasteiger partial charge >= 0.3 is 0 Å². The van der Waals surface area contributed by atoms with Crippen molar-refractivity contribution < 1.29 is 9.59 Å². The number of carbonyl (C=O) groups excluding carboxylic acids is 2. The molecule has 1 aliphatic rings. The van der Waals surface area contributed by atoms with Crippen LogP contribution < -0.4 is 5.32 Å². The van der Waals surface area contributed by atoms with Gasteiger partial charge in [0.05, 0.1) is 0 Å². The van der Waals surface area contributed by atoms with Crippen LogP contribution in [0.5, 0.6) is 0 Å². The molecule has 0 radical (unpaired) electrons. The monoisotopic (exact) mass is 274 g/mol. The Kier molecular flexibility index (Phi) is 4.42. The summed E-state index contributed by atoms with van der Waals surface area (Å²) >= 11 is 0. The average Bonchev–Trinajstić information content (AvgIpc) is 2.45. The van der Waals surface area contributed by atoms with E-state index in [1.54, 1.807) is 4.90 Å². The Morgan fingerprint density at radius 2 is 1.75 bits per heavy atom. The molecule has 2 rings (SSSR count). The van der Waals surface area contributed by atoms with Crippen LogP contribution in [0, 0.1) is 6.92 Å². The lowest BCUT2D eigenvalue weighted by Crippen LogP contribution is -2.62. The zero-order valence-electron chi connectivity index (χ0n) is 12.3. The van der Waals surface area contributed by atoms with E-state index in [2.05, 4.69) is 5.32 Å². The predicted octanol–water partition coefficient (Wildman–Crippen LogP) is 2.01. The molecule has 108 valence electrons. The number of rotatable bonds is 4. The first-order chi connectivity index (χ1) is 9.56. The number of aryl methyl sites for hydroxylation is 1. The summed E-state index contributed by atoms with van der Waals surface area (Å²) < 4.78 is 0. The zero-order chi connectivity index (χ0) is 14.7. The Morgan fingerprint density at radius 3 is 2.30 bits per heavy atom. The molecule has 1 aromatic rings. The summed E-state index contributed by atoms with van der Waals surface area (Å²) in [4.78, 5) is 26.3. The van der Waals surface area contributed by atoms with Crippen LogP contribution >= 0.6 is 0 Å². The highest BCUT2D eigenvalue weighted by Crippen LogP contribution is 2.18. The molecular formula is C16H22N2O2. The molecule has 1 aliphatic heterocycles. The van der Waals surface area contributed by atoms with Gasteiger partial charge in [-0.25, -0.2) is 0 Å². The third-order valence-corrected chi connectivity index (χ3v) is 3.85. The molecule has 1 heterocycles. The third-order valence-electron chi connectivity index (χ3n) is 3.85. The largest absolute Gasteiger partial charge is 0.343 e. The number of carbonyl (C=O) groups is 2. The van der Waals surface area contributed by atoms with Crippen molar-refractivity contribution in [3.05, 3.63) is 35.4 Å². The molecule has 1 N–H and O–H groups in total. The Labute approximate surface area is 120 Å². The Morgan fingerprint density at radius 1 is 1.10 bits per heavy atom. The SMILES string of the molecule is CCC1NC(=O)C(CC)N(Cc2ccc(C)cc2)C1=O. The Hall–Kier alpha value is -1.84. The van der Waals surface area contributed by atoms with E-state index < -0.39 is 0 Å². The molecule has 0 aliphatic carbocycles. The smallest absolute Gasteiger partial charge is 0.246 e. The molecule has 1 aromatic carbocycles. The molecule has 2 amide bonds. The quantitative estimate of drug-likeness (QED) is 0.913. The Bertz CT molecular complexity index is 496. The van der Waals surface area contributed by atoms with Crippen molar-refractivity contribution in [1.29, 1.82) is 0 Å². The zero-order valence-corrected chi connectivity index (χ0v) is 12.3. The summed E-state index contributed by atoms with van der Waals surface area (Å²) in [5.41, 5.74) is 2.25. The summed E-state index contributed by atoms with van der Waals surface area (Å²) in [7, 11) is 0. The van der Waals surface area contributed by atoms with E-state index >= 15 is 0 Å². The van der Waals surface area contributed by atoms with Gasteiger partial charge < -0.3 is 10.2 Å². The minimum Gasteiger partial charge on any atom is -0.343 e. The molecule has 1 saturated heterocycles. The second-order valence-electron chi connectivity index (χ2n) is 5.35. The maximum absolute atomic E-state index is 12.5. The molecule has 0 aromatic heterocycles. The van der Waals surface area contributed by atoms with E-state index in [1.807, 2.05) is 45.0 Å². The molecule has 4 nitrogen and oxygen atoms in total. The standard InChI is InChI=1S/C16H22N2O2/c1-4-13-16(20)18(14(5-2)15(19)17-13)10-12-8-6-11(3)7-9-12/h6-9,13-14H,4-5,10H2,1-3H3,(H,17,19). The van der Waals surface area contributed by atoms with Crippen molar-refractivity contribution in [3.8, 4) is 0 Å². The number of hydrogen-bond acceptors (Lipinski definition) is 2. The van der Waals surface area contributed by atoms with Crippen molar-refractivity contribution in [3.63, 3.8) is 0 Å². The first-order valence-electron chi connectivity index (χ1n) is 7.23. The maximum Gasteiger partial charge on any atom is 0.246 e. The van der Waals surface area contributed by atoms with E-state index in [4.69, 9.17) is 0 Å². The highest BCUT2D eigenvalue weighted by Gasteiger charge is 2.38. The van der Waals surface area contributed by atoms with Crippen molar-refractivity contribution in [2.75, 3.05) is 0 Å². The molecular weight excluding hydrogens is 252 g/mol. The molecule has 1 fully saturated rings. The van der Waals surface area contributed by atoms with E-state index in [1.165, 1.54) is 5.56 Å². The summed E-state index contributed by atoms with van der Waals surface area (Å²) in [6, 6.07) is 7.36. The fourth-order valence-electron chi connectivity index (χ4n) is 2.59. The van der Waals surface area contributed by atoms with Gasteiger partial charge in [0, 0.05) is 6.54 Å². The van der Waals surface area contributed by atoms with Gasteiger partial charge in [-0.05, 0) is 25.3 Å². The second-order valence-corrected chi connectivity index (χ2v) is 5.35. The summed E-state index contributed by atoms with van der Waals surface area (Å²) in [5, 5.41) is 2.81. The van der Waals surface area contributed by atoms with Gasteiger partial charge in [-0.1, -0.05) is 43.7 Å². The highest BCUT2D eigenvalue weighted by molar-refractivity contribution is 5.96. The van der Waals surface area contributed by atoms with Crippen LogP contribution in [0.1, 0.15) is 37.8 Å². The fourth-order valence-corrected chi connectivity index (χ4v) is 2.59. The van der Waals surface area contributed by atoms with Crippen LogP contribution in [-0.4, -0.2) is 28.8 Å². The van der Waals surface area contributed by atoms with Gasteiger partial charge in [0.2, 0.25) is 11.8 Å². The lowest BCUT2D eigenvalue weighted by atomic mass is 10.0. The van der Waals surface area contributed by atoms with Crippen LogP contribution in [0.4, 0.5) is 0 Å². The summed E-state index contributed by atoms with van der Waals surface area (Å²) in [5.74, 6) is -0.00872. The van der Waals surface area contributed by atoms with E-state index in [0.29, 0.717) is 19.4 Å². The summed E-state index contributed by atoms with van der Waals surface area (Å²) in [6.45, 7) is 6.39. The van der Waals surface area contributed by atoms with Gasteiger partial charge in [-0.15, -0.1) is 0 Å². The number of hydrogen-bond donors (Lipinski definition) is 1. The number of nitrogens with one attached hydrogen (secondary N) is 1. The average molecular weight is 274 g/mol. The van der Waals surface area contributed by atoms with Crippen molar-refractivity contribution in [1.82, 2.24) is 10.2 Å². The van der Waals surface area contributed by atoms with Crippen LogP contribution in [0.2, 0.25) is 0 Å². The van der Waals surface area contributed by atoms with Crippen molar-refractivity contribution in [2.45, 2.75) is 52.2 Å². The number of benzene rings is 1. The van der Waals surface area contributed by atoms with Gasteiger partial charge in [0.15, 0.2) is 0 Å². The molecule has 2 unspecified atom stereocenters. The predicted molar refractivity (Wildman–Crippen MR) is 78.0 cm³/mol. The van der Waals surface area contributed by atoms with Crippen LogP contribution in [0.15, 0.2) is 24.3 Å². The van der Waals surface area contributed by atoms with E-state index in [0.717, 1.165) is 5.56 Å². The van der Waals surface area contributed by atoms with Gasteiger partial charge in [0.25, 0.3) is 0 Å². The van der Waals surface area contributed by atoms with Crippen LogP contribution in [0.25, 0.3) is 0 Å². The van der Waals surface area contributed by atoms with Crippen molar-refractivity contribution >= 4 is 11.8 Å². The van der Waals surface area contributed by atoms with Crippen molar-refractivity contribution in [2.24, 2.45) is 0 Å². The van der Waals surface area contributed by atoms with Crippen LogP contribution in [0.3, 0.4) is 0 Å².